The molecule has 3 aromatic carbocycles. The maximum atomic E-state index is 7.62. The van der Waals surface area contributed by atoms with Gasteiger partial charge in [-0.1, -0.05) is 39.0 Å². The fourth-order valence-corrected chi connectivity index (χ4v) is 5.11. The summed E-state index contributed by atoms with van der Waals surface area (Å²) in [5.74, 6) is 2.13. The number of rotatable bonds is 4. The van der Waals surface area contributed by atoms with E-state index in [1.807, 2.05) is 55.1 Å². The second-order valence-electron chi connectivity index (χ2n) is 10.9. The van der Waals surface area contributed by atoms with E-state index in [4.69, 9.17) is 16.3 Å². The first-order valence-corrected chi connectivity index (χ1v) is 13.0. The third kappa shape index (κ3) is 4.42. The first-order chi connectivity index (χ1) is 18.7. The lowest BCUT2D eigenvalue weighted by atomic mass is 9.88. The Labute approximate surface area is 227 Å². The molecular weight excluding hydrogens is 482 g/mol. The van der Waals surface area contributed by atoms with Crippen molar-refractivity contribution in [3.05, 3.63) is 113 Å². The molecule has 6 nitrogen and oxygen atoms in total. The summed E-state index contributed by atoms with van der Waals surface area (Å²) in [5.41, 5.74) is 6.52. The maximum Gasteiger partial charge on any atom is 0.193 e. The van der Waals surface area contributed by atoms with Gasteiger partial charge >= 0.3 is 0 Å². The highest BCUT2D eigenvalue weighted by Crippen LogP contribution is 2.36. The number of fused-ring (bicyclic) bond motifs is 3. The Balaban J connectivity index is 1.49. The van der Waals surface area contributed by atoms with Crippen LogP contribution >= 0.6 is 0 Å². The van der Waals surface area contributed by atoms with Gasteiger partial charge in [0.15, 0.2) is 5.69 Å². The topological polar surface area (TPSA) is 49.2 Å². The Morgan fingerprint density at radius 2 is 1.62 bits per heavy atom. The van der Waals surface area contributed by atoms with E-state index in [0.29, 0.717) is 17.2 Å². The van der Waals surface area contributed by atoms with Gasteiger partial charge in [0.1, 0.15) is 17.3 Å². The van der Waals surface area contributed by atoms with Crippen LogP contribution in [-0.4, -0.2) is 19.3 Å². The molecule has 0 bridgehead atoms. The van der Waals surface area contributed by atoms with Crippen molar-refractivity contribution in [2.45, 2.75) is 40.0 Å². The zero-order valence-electron chi connectivity index (χ0n) is 22.7. The number of ether oxygens (including phenoxy) is 1. The van der Waals surface area contributed by atoms with Gasteiger partial charge in [-0.3, -0.25) is 4.57 Å². The summed E-state index contributed by atoms with van der Waals surface area (Å²) in [4.78, 5) is 8.44. The normalized spacial score (nSPS) is 11.7. The number of pyridine rings is 1. The van der Waals surface area contributed by atoms with Gasteiger partial charge in [-0.15, -0.1) is 0 Å². The van der Waals surface area contributed by atoms with Crippen molar-refractivity contribution in [2.24, 2.45) is 0 Å². The summed E-state index contributed by atoms with van der Waals surface area (Å²) >= 11 is 0. The minimum absolute atomic E-state index is 0.00180. The first kappa shape index (κ1) is 24.4. The summed E-state index contributed by atoms with van der Waals surface area (Å²) in [5, 5.41) is 6.87. The molecule has 0 saturated carbocycles. The standard InChI is InChI=1S/C33H29N5O/c1-21-15-22(2)38(36-21)25-17-24(34-6)18-27(19-25)39-26-11-12-29-28-9-7-8-10-30(28)37(31(29)20-26)32-16-23(13-14-35-32)33(3,4)5/h7-20H,1-5H3. The number of hydrogen-bond acceptors (Lipinski definition) is 3. The van der Waals surface area contributed by atoms with Gasteiger partial charge in [-0.2, -0.15) is 5.10 Å². The highest BCUT2D eigenvalue weighted by atomic mass is 16.5. The number of para-hydroxylation sites is 1. The van der Waals surface area contributed by atoms with Crippen LogP contribution in [0.3, 0.4) is 0 Å². The van der Waals surface area contributed by atoms with Gasteiger partial charge in [0.2, 0.25) is 0 Å². The molecule has 6 rings (SSSR count). The van der Waals surface area contributed by atoms with Crippen molar-refractivity contribution in [2.75, 3.05) is 0 Å². The molecule has 0 saturated heterocycles. The van der Waals surface area contributed by atoms with Gasteiger partial charge in [0.05, 0.1) is 29.0 Å². The van der Waals surface area contributed by atoms with E-state index in [0.717, 1.165) is 44.7 Å². The Morgan fingerprint density at radius 3 is 2.36 bits per heavy atom. The Morgan fingerprint density at radius 1 is 0.821 bits per heavy atom. The van der Waals surface area contributed by atoms with Crippen molar-refractivity contribution in [1.82, 2.24) is 19.3 Å². The quantitative estimate of drug-likeness (QED) is 0.223. The van der Waals surface area contributed by atoms with Crippen molar-refractivity contribution >= 4 is 27.5 Å². The van der Waals surface area contributed by atoms with Gasteiger partial charge in [0, 0.05) is 34.8 Å². The molecule has 0 aliphatic rings. The molecule has 3 heterocycles. The molecule has 39 heavy (non-hydrogen) atoms. The molecule has 192 valence electrons. The molecule has 0 radical (unpaired) electrons. The lowest BCUT2D eigenvalue weighted by Crippen LogP contribution is -2.12. The molecule has 0 spiro atoms. The molecule has 0 atom stereocenters. The zero-order chi connectivity index (χ0) is 27.3. The van der Waals surface area contributed by atoms with Gasteiger partial charge < -0.3 is 4.74 Å². The van der Waals surface area contributed by atoms with E-state index < -0.39 is 0 Å². The van der Waals surface area contributed by atoms with E-state index in [9.17, 15) is 0 Å². The summed E-state index contributed by atoms with van der Waals surface area (Å²) < 4.78 is 10.4. The van der Waals surface area contributed by atoms with E-state index in [1.54, 1.807) is 6.07 Å². The molecule has 0 aliphatic heterocycles. The monoisotopic (exact) mass is 511 g/mol. The Kier molecular flexibility index (Phi) is 5.73. The van der Waals surface area contributed by atoms with E-state index >= 15 is 0 Å². The Bertz CT molecular complexity index is 1910. The van der Waals surface area contributed by atoms with Crippen molar-refractivity contribution in [3.8, 4) is 23.0 Å². The van der Waals surface area contributed by atoms with E-state index in [1.165, 1.54) is 5.56 Å². The maximum absolute atomic E-state index is 7.62. The third-order valence-electron chi connectivity index (χ3n) is 6.98. The van der Waals surface area contributed by atoms with Crippen molar-refractivity contribution in [1.29, 1.82) is 0 Å². The smallest absolute Gasteiger partial charge is 0.193 e. The zero-order valence-corrected chi connectivity index (χ0v) is 22.7. The molecule has 0 N–H and O–H groups in total. The number of nitrogens with zero attached hydrogens (tertiary/aromatic N) is 5. The van der Waals surface area contributed by atoms with Crippen LogP contribution in [0.1, 0.15) is 37.7 Å². The summed E-state index contributed by atoms with van der Waals surface area (Å²) in [7, 11) is 0. The van der Waals surface area contributed by atoms with Crippen LogP contribution < -0.4 is 4.74 Å². The lowest BCUT2D eigenvalue weighted by Gasteiger charge is -2.20. The number of benzene rings is 3. The second kappa shape index (κ2) is 9.14. The van der Waals surface area contributed by atoms with E-state index in [-0.39, 0.29) is 5.41 Å². The van der Waals surface area contributed by atoms with Gasteiger partial charge in [0.25, 0.3) is 0 Å². The van der Waals surface area contributed by atoms with Gasteiger partial charge in [-0.05, 0) is 73.4 Å². The van der Waals surface area contributed by atoms with Crippen LogP contribution in [0.25, 0.3) is 38.2 Å². The summed E-state index contributed by atoms with van der Waals surface area (Å²) in [6.07, 6.45) is 1.88. The van der Waals surface area contributed by atoms with Crippen LogP contribution in [-0.2, 0) is 5.41 Å². The van der Waals surface area contributed by atoms with Crippen LogP contribution in [0.15, 0.2) is 85.1 Å². The molecule has 0 fully saturated rings. The molecular formula is C33H29N5O. The highest BCUT2D eigenvalue weighted by Gasteiger charge is 2.18. The highest BCUT2D eigenvalue weighted by molar-refractivity contribution is 6.09. The second-order valence-corrected chi connectivity index (χ2v) is 10.9. The van der Waals surface area contributed by atoms with Gasteiger partial charge in [-0.25, -0.2) is 14.5 Å². The van der Waals surface area contributed by atoms with Crippen LogP contribution in [0.2, 0.25) is 0 Å². The lowest BCUT2D eigenvalue weighted by molar-refractivity contribution is 0.483. The van der Waals surface area contributed by atoms with Crippen LogP contribution in [0.5, 0.6) is 11.5 Å². The minimum atomic E-state index is 0.00180. The van der Waals surface area contributed by atoms with Crippen molar-refractivity contribution in [3.63, 3.8) is 0 Å². The molecule has 0 amide bonds. The minimum Gasteiger partial charge on any atom is -0.459 e. The molecule has 0 unspecified atom stereocenters. The summed E-state index contributed by atoms with van der Waals surface area (Å²) in [6, 6.07) is 26.3. The number of hydrogen-bond donors (Lipinski definition) is 0. The third-order valence-corrected chi connectivity index (χ3v) is 6.98. The largest absolute Gasteiger partial charge is 0.459 e. The fourth-order valence-electron chi connectivity index (χ4n) is 5.11. The van der Waals surface area contributed by atoms with Crippen LogP contribution in [0.4, 0.5) is 5.69 Å². The number of aryl methyl sites for hydroxylation is 2. The molecule has 6 heteroatoms. The van der Waals surface area contributed by atoms with E-state index in [2.05, 4.69) is 77.7 Å². The molecule has 3 aromatic heterocycles. The first-order valence-electron chi connectivity index (χ1n) is 13.0. The predicted octanol–water partition coefficient (Wildman–Crippen LogP) is 8.62. The van der Waals surface area contributed by atoms with Crippen LogP contribution in [0, 0.1) is 20.4 Å². The SMILES string of the molecule is [C-]#[N+]c1cc(Oc2ccc3c4ccccc4n(-c4cc(C(C)(C)C)ccn4)c3c2)cc(-n2nc(C)cc2C)c1. The average molecular weight is 512 g/mol. The number of aromatic nitrogens is 4. The molecule has 0 aliphatic carbocycles. The summed E-state index contributed by atoms with van der Waals surface area (Å²) in [6.45, 7) is 18.2. The average Bonchev–Trinajstić information content (AvgIpc) is 3.43. The van der Waals surface area contributed by atoms with Crippen molar-refractivity contribution < 1.29 is 4.74 Å². The predicted molar refractivity (Wildman–Crippen MR) is 157 cm³/mol. The Hall–Kier alpha value is -4.89. The fraction of sp³-hybridized carbons (Fsp3) is 0.182. The molecule has 6 aromatic rings.